The molecule has 1 aromatic heterocycles. The van der Waals surface area contributed by atoms with Crippen LogP contribution in [0.2, 0.25) is 5.15 Å². The maximum Gasteiger partial charge on any atom is 0.137 e. The minimum absolute atomic E-state index is 0.305. The third-order valence-corrected chi connectivity index (χ3v) is 4.58. The van der Waals surface area contributed by atoms with E-state index in [2.05, 4.69) is 30.7 Å². The SMILES string of the molecule is CCC1CCCCCN1c1nc(C(C)C)nc(Cl)c1C. The van der Waals surface area contributed by atoms with Gasteiger partial charge in [-0.3, -0.25) is 0 Å². The largest absolute Gasteiger partial charge is 0.353 e. The van der Waals surface area contributed by atoms with Crippen LogP contribution in [0.25, 0.3) is 0 Å². The lowest BCUT2D eigenvalue weighted by molar-refractivity contribution is 0.549. The summed E-state index contributed by atoms with van der Waals surface area (Å²) in [4.78, 5) is 11.7. The van der Waals surface area contributed by atoms with Gasteiger partial charge in [0.25, 0.3) is 0 Å². The molecule has 1 unspecified atom stereocenters. The molecule has 20 heavy (non-hydrogen) atoms. The highest BCUT2D eigenvalue weighted by molar-refractivity contribution is 6.30. The molecule has 2 heterocycles. The van der Waals surface area contributed by atoms with Gasteiger partial charge in [0.15, 0.2) is 0 Å². The van der Waals surface area contributed by atoms with E-state index in [1.54, 1.807) is 0 Å². The Balaban J connectivity index is 2.42. The molecule has 1 aliphatic rings. The second-order valence-electron chi connectivity index (χ2n) is 6.08. The van der Waals surface area contributed by atoms with Gasteiger partial charge in [0.1, 0.15) is 16.8 Å². The first-order valence-corrected chi connectivity index (χ1v) is 8.23. The lowest BCUT2D eigenvalue weighted by atomic mass is 10.1. The molecule has 0 saturated carbocycles. The molecule has 0 aromatic carbocycles. The predicted molar refractivity (Wildman–Crippen MR) is 85.8 cm³/mol. The predicted octanol–water partition coefficient (Wildman–Crippen LogP) is 4.72. The van der Waals surface area contributed by atoms with Gasteiger partial charge in [-0.1, -0.05) is 45.2 Å². The van der Waals surface area contributed by atoms with Gasteiger partial charge in [-0.2, -0.15) is 0 Å². The van der Waals surface area contributed by atoms with E-state index in [0.29, 0.717) is 17.1 Å². The van der Waals surface area contributed by atoms with Crippen molar-refractivity contribution >= 4 is 17.4 Å². The van der Waals surface area contributed by atoms with E-state index in [1.807, 2.05) is 6.92 Å². The smallest absolute Gasteiger partial charge is 0.137 e. The summed E-state index contributed by atoms with van der Waals surface area (Å²) in [7, 11) is 0. The fourth-order valence-corrected chi connectivity index (χ4v) is 3.08. The van der Waals surface area contributed by atoms with Crippen LogP contribution in [-0.2, 0) is 0 Å². The Morgan fingerprint density at radius 3 is 2.65 bits per heavy atom. The summed E-state index contributed by atoms with van der Waals surface area (Å²) >= 11 is 6.34. The van der Waals surface area contributed by atoms with E-state index in [9.17, 15) is 0 Å². The Morgan fingerprint density at radius 1 is 1.25 bits per heavy atom. The van der Waals surface area contributed by atoms with E-state index in [-0.39, 0.29) is 0 Å². The highest BCUT2D eigenvalue weighted by atomic mass is 35.5. The Kier molecular flexibility index (Phi) is 5.25. The van der Waals surface area contributed by atoms with Gasteiger partial charge in [0, 0.05) is 24.1 Å². The first kappa shape index (κ1) is 15.6. The zero-order valence-electron chi connectivity index (χ0n) is 13.1. The van der Waals surface area contributed by atoms with Crippen molar-refractivity contribution in [2.24, 2.45) is 0 Å². The Morgan fingerprint density at radius 2 is 2.00 bits per heavy atom. The topological polar surface area (TPSA) is 29.0 Å². The molecule has 2 rings (SSSR count). The average Bonchev–Trinajstić information content (AvgIpc) is 2.66. The first-order valence-electron chi connectivity index (χ1n) is 7.85. The highest BCUT2D eigenvalue weighted by Gasteiger charge is 2.24. The van der Waals surface area contributed by atoms with E-state index in [1.165, 1.54) is 25.7 Å². The van der Waals surface area contributed by atoms with Gasteiger partial charge in [0.05, 0.1) is 0 Å². The number of nitrogens with zero attached hydrogens (tertiary/aromatic N) is 3. The lowest BCUT2D eigenvalue weighted by Crippen LogP contribution is -2.36. The Bertz CT molecular complexity index is 459. The second-order valence-corrected chi connectivity index (χ2v) is 6.44. The van der Waals surface area contributed by atoms with Crippen molar-refractivity contribution in [1.29, 1.82) is 0 Å². The first-order chi connectivity index (χ1) is 9.54. The normalized spacial score (nSPS) is 20.3. The van der Waals surface area contributed by atoms with Crippen LogP contribution in [0.15, 0.2) is 0 Å². The Labute approximate surface area is 127 Å². The van der Waals surface area contributed by atoms with Crippen molar-refractivity contribution in [3.05, 3.63) is 16.5 Å². The van der Waals surface area contributed by atoms with Crippen LogP contribution in [-0.4, -0.2) is 22.6 Å². The zero-order chi connectivity index (χ0) is 14.7. The molecule has 3 nitrogen and oxygen atoms in total. The summed E-state index contributed by atoms with van der Waals surface area (Å²) in [6.45, 7) is 9.63. The number of anilines is 1. The third-order valence-electron chi connectivity index (χ3n) is 4.21. The second kappa shape index (κ2) is 6.75. The van der Waals surface area contributed by atoms with Crippen molar-refractivity contribution in [1.82, 2.24) is 9.97 Å². The molecular weight excluding hydrogens is 270 g/mol. The number of halogens is 1. The van der Waals surface area contributed by atoms with Crippen LogP contribution in [0.1, 0.15) is 70.2 Å². The fourth-order valence-electron chi connectivity index (χ4n) is 2.91. The maximum atomic E-state index is 6.34. The molecule has 1 aromatic rings. The summed E-state index contributed by atoms with van der Waals surface area (Å²) in [5.74, 6) is 2.22. The molecule has 1 fully saturated rings. The van der Waals surface area contributed by atoms with Gasteiger partial charge in [-0.15, -0.1) is 0 Å². The fraction of sp³-hybridized carbons (Fsp3) is 0.750. The zero-order valence-corrected chi connectivity index (χ0v) is 13.9. The molecule has 1 aliphatic heterocycles. The van der Waals surface area contributed by atoms with E-state index in [0.717, 1.165) is 30.2 Å². The number of aromatic nitrogens is 2. The van der Waals surface area contributed by atoms with Gasteiger partial charge < -0.3 is 4.90 Å². The van der Waals surface area contributed by atoms with Crippen molar-refractivity contribution in [3.63, 3.8) is 0 Å². The molecule has 112 valence electrons. The van der Waals surface area contributed by atoms with E-state index in [4.69, 9.17) is 16.6 Å². The number of hydrogen-bond acceptors (Lipinski definition) is 3. The van der Waals surface area contributed by atoms with Crippen LogP contribution >= 0.6 is 11.6 Å². The van der Waals surface area contributed by atoms with Crippen molar-refractivity contribution in [3.8, 4) is 0 Å². The monoisotopic (exact) mass is 295 g/mol. The average molecular weight is 296 g/mol. The molecule has 1 saturated heterocycles. The van der Waals surface area contributed by atoms with Crippen molar-refractivity contribution in [2.75, 3.05) is 11.4 Å². The summed E-state index contributed by atoms with van der Waals surface area (Å²) in [5, 5.41) is 0.609. The van der Waals surface area contributed by atoms with Gasteiger partial charge in [-0.05, 0) is 26.2 Å². The summed E-state index contributed by atoms with van der Waals surface area (Å²) in [6, 6.07) is 0.585. The maximum absolute atomic E-state index is 6.34. The number of rotatable bonds is 3. The van der Waals surface area contributed by atoms with Crippen LogP contribution < -0.4 is 4.90 Å². The number of hydrogen-bond donors (Lipinski definition) is 0. The molecule has 0 radical (unpaired) electrons. The van der Waals surface area contributed by atoms with Crippen LogP contribution in [0, 0.1) is 6.92 Å². The Hall–Kier alpha value is -0.830. The van der Waals surface area contributed by atoms with Gasteiger partial charge in [-0.25, -0.2) is 9.97 Å². The van der Waals surface area contributed by atoms with Crippen molar-refractivity contribution in [2.45, 2.75) is 71.8 Å². The van der Waals surface area contributed by atoms with Gasteiger partial charge >= 0.3 is 0 Å². The third kappa shape index (κ3) is 3.25. The summed E-state index contributed by atoms with van der Waals surface area (Å²) in [5.41, 5.74) is 1.02. The molecule has 1 atom stereocenters. The van der Waals surface area contributed by atoms with Crippen LogP contribution in [0.3, 0.4) is 0 Å². The lowest BCUT2D eigenvalue weighted by Gasteiger charge is -2.32. The molecule has 0 amide bonds. The van der Waals surface area contributed by atoms with E-state index >= 15 is 0 Å². The van der Waals surface area contributed by atoms with Crippen LogP contribution in [0.5, 0.6) is 0 Å². The standard InChI is InChI=1S/C16H26ClN3/c1-5-13-9-7-6-8-10-20(13)16-12(4)14(17)18-15(19-16)11(2)3/h11,13H,5-10H2,1-4H3. The van der Waals surface area contributed by atoms with Crippen LogP contribution in [0.4, 0.5) is 5.82 Å². The minimum atomic E-state index is 0.305. The molecule has 0 bridgehead atoms. The van der Waals surface area contributed by atoms with Gasteiger partial charge in [0.2, 0.25) is 0 Å². The van der Waals surface area contributed by atoms with Crippen molar-refractivity contribution < 1.29 is 0 Å². The highest BCUT2D eigenvalue weighted by Crippen LogP contribution is 2.30. The molecule has 0 spiro atoms. The molecule has 0 aliphatic carbocycles. The molecule has 0 N–H and O–H groups in total. The quantitative estimate of drug-likeness (QED) is 0.756. The molecular formula is C16H26ClN3. The minimum Gasteiger partial charge on any atom is -0.353 e. The summed E-state index contributed by atoms with van der Waals surface area (Å²) in [6.07, 6.45) is 6.31. The molecule has 4 heteroatoms. The summed E-state index contributed by atoms with van der Waals surface area (Å²) < 4.78 is 0. The van der Waals surface area contributed by atoms with E-state index < -0.39 is 0 Å².